The molecule has 0 aliphatic carbocycles. The highest BCUT2D eigenvalue weighted by Crippen LogP contribution is 2.25. The Bertz CT molecular complexity index is 968. The van der Waals surface area contributed by atoms with Crippen LogP contribution in [0.5, 0.6) is 0 Å². The van der Waals surface area contributed by atoms with Gasteiger partial charge in [-0.05, 0) is 42.8 Å². The van der Waals surface area contributed by atoms with Gasteiger partial charge >= 0.3 is 0 Å². The lowest BCUT2D eigenvalue weighted by Gasteiger charge is -2.07. The van der Waals surface area contributed by atoms with Crippen molar-refractivity contribution < 1.29 is 4.42 Å². The summed E-state index contributed by atoms with van der Waals surface area (Å²) >= 11 is 0. The third-order valence-corrected chi connectivity index (χ3v) is 3.58. The van der Waals surface area contributed by atoms with E-state index in [1.165, 1.54) is 5.56 Å². The number of aromatic nitrogens is 4. The summed E-state index contributed by atoms with van der Waals surface area (Å²) in [6.45, 7) is 3.91. The molecule has 108 valence electrons. The molecular weight excluding hydrogens is 276 g/mol. The van der Waals surface area contributed by atoms with Gasteiger partial charge in [-0.2, -0.15) is 0 Å². The first-order chi connectivity index (χ1) is 10.7. The van der Waals surface area contributed by atoms with Crippen LogP contribution in [-0.4, -0.2) is 19.7 Å². The summed E-state index contributed by atoms with van der Waals surface area (Å²) < 4.78 is 7.57. The van der Waals surface area contributed by atoms with Gasteiger partial charge in [0.25, 0.3) is 0 Å². The molecule has 2 heterocycles. The Morgan fingerprint density at radius 1 is 1.05 bits per heavy atom. The molecule has 22 heavy (non-hydrogen) atoms. The molecule has 5 nitrogen and oxygen atoms in total. The van der Waals surface area contributed by atoms with E-state index in [1.54, 1.807) is 6.33 Å². The number of rotatable bonds is 2. The molecule has 0 saturated carbocycles. The van der Waals surface area contributed by atoms with Gasteiger partial charge in [-0.25, -0.2) is 4.98 Å². The lowest BCUT2D eigenvalue weighted by atomic mass is 10.1. The maximum atomic E-state index is 5.60. The van der Waals surface area contributed by atoms with E-state index in [9.17, 15) is 0 Å². The fraction of sp³-hybridized carbons (Fsp3) is 0.118. The minimum absolute atomic E-state index is 0.660. The molecule has 0 bridgehead atoms. The van der Waals surface area contributed by atoms with Crippen LogP contribution in [0.15, 0.2) is 53.2 Å². The molecule has 0 spiro atoms. The summed E-state index contributed by atoms with van der Waals surface area (Å²) in [5, 5.41) is 8.31. The minimum Gasteiger partial charge on any atom is -0.441 e. The Labute approximate surface area is 127 Å². The molecule has 0 unspecified atom stereocenters. The number of nitrogens with zero attached hydrogens (tertiary/aromatic N) is 4. The molecule has 0 saturated heterocycles. The molecule has 0 N–H and O–H groups in total. The van der Waals surface area contributed by atoms with E-state index in [1.807, 2.05) is 41.8 Å². The fourth-order valence-corrected chi connectivity index (χ4v) is 2.58. The van der Waals surface area contributed by atoms with Crippen molar-refractivity contribution in [2.75, 3.05) is 0 Å². The van der Waals surface area contributed by atoms with E-state index in [0.29, 0.717) is 5.89 Å². The number of hydrogen-bond donors (Lipinski definition) is 0. The summed E-state index contributed by atoms with van der Waals surface area (Å²) in [6.07, 6.45) is 1.72. The molecule has 0 aliphatic rings. The van der Waals surface area contributed by atoms with Gasteiger partial charge in [-0.1, -0.05) is 12.1 Å². The van der Waals surface area contributed by atoms with Gasteiger partial charge in [0.15, 0.2) is 17.3 Å². The van der Waals surface area contributed by atoms with E-state index < -0.39 is 0 Å². The van der Waals surface area contributed by atoms with E-state index in [2.05, 4.69) is 34.2 Å². The summed E-state index contributed by atoms with van der Waals surface area (Å²) in [7, 11) is 0. The first kappa shape index (κ1) is 12.8. The van der Waals surface area contributed by atoms with Crippen LogP contribution in [0, 0.1) is 13.8 Å². The topological polar surface area (TPSA) is 56.7 Å². The smallest absolute Gasteiger partial charge is 0.192 e. The van der Waals surface area contributed by atoms with E-state index in [4.69, 9.17) is 4.42 Å². The average Bonchev–Trinajstić information content (AvgIpc) is 3.11. The molecule has 0 fully saturated rings. The normalized spacial score (nSPS) is 11.2. The summed E-state index contributed by atoms with van der Waals surface area (Å²) in [6, 6.07) is 14.1. The van der Waals surface area contributed by atoms with Crippen molar-refractivity contribution in [1.29, 1.82) is 0 Å². The Morgan fingerprint density at radius 3 is 2.82 bits per heavy atom. The number of aryl methyl sites for hydroxylation is 2. The highest BCUT2D eigenvalue weighted by molar-refractivity contribution is 5.78. The summed E-state index contributed by atoms with van der Waals surface area (Å²) in [5.41, 5.74) is 4.78. The van der Waals surface area contributed by atoms with Crippen molar-refractivity contribution in [3.63, 3.8) is 0 Å². The zero-order valence-electron chi connectivity index (χ0n) is 12.3. The van der Waals surface area contributed by atoms with Gasteiger partial charge < -0.3 is 4.42 Å². The standard InChI is InChI=1S/C17H14N4O/c1-11-4-3-5-14(8-11)21-10-18-20-17(21)13-6-7-15-16(9-13)22-12(2)19-15/h3-10H,1-2H3. The molecule has 2 aromatic carbocycles. The fourth-order valence-electron chi connectivity index (χ4n) is 2.58. The zero-order chi connectivity index (χ0) is 15.1. The first-order valence-electron chi connectivity index (χ1n) is 7.05. The summed E-state index contributed by atoms with van der Waals surface area (Å²) in [5.74, 6) is 1.44. The highest BCUT2D eigenvalue weighted by Gasteiger charge is 2.11. The Hall–Kier alpha value is -2.95. The third kappa shape index (κ3) is 2.07. The van der Waals surface area contributed by atoms with Crippen molar-refractivity contribution in [2.45, 2.75) is 13.8 Å². The van der Waals surface area contributed by atoms with Crippen molar-refractivity contribution in [1.82, 2.24) is 19.7 Å². The second-order valence-electron chi connectivity index (χ2n) is 5.28. The van der Waals surface area contributed by atoms with E-state index in [-0.39, 0.29) is 0 Å². The van der Waals surface area contributed by atoms with Crippen LogP contribution < -0.4 is 0 Å². The first-order valence-corrected chi connectivity index (χ1v) is 7.05. The van der Waals surface area contributed by atoms with Gasteiger partial charge in [0, 0.05) is 18.2 Å². The van der Waals surface area contributed by atoms with Crippen molar-refractivity contribution in [3.8, 4) is 17.1 Å². The minimum atomic E-state index is 0.660. The maximum absolute atomic E-state index is 5.60. The Kier molecular flexibility index (Phi) is 2.79. The molecule has 5 heteroatoms. The number of oxazole rings is 1. The maximum Gasteiger partial charge on any atom is 0.192 e. The molecule has 0 atom stereocenters. The molecule has 4 aromatic rings. The molecule has 2 aromatic heterocycles. The number of fused-ring (bicyclic) bond motifs is 1. The number of benzene rings is 2. The monoisotopic (exact) mass is 290 g/mol. The SMILES string of the molecule is Cc1cccc(-n2cnnc2-c2ccc3nc(C)oc3c2)c1. The molecule has 0 amide bonds. The van der Waals surface area contributed by atoms with Crippen LogP contribution in [0.4, 0.5) is 0 Å². The van der Waals surface area contributed by atoms with Crippen LogP contribution in [0.1, 0.15) is 11.5 Å². The average molecular weight is 290 g/mol. The molecule has 0 aliphatic heterocycles. The van der Waals surface area contributed by atoms with Gasteiger partial charge in [-0.15, -0.1) is 10.2 Å². The van der Waals surface area contributed by atoms with Gasteiger partial charge in [0.1, 0.15) is 11.8 Å². The largest absolute Gasteiger partial charge is 0.441 e. The third-order valence-electron chi connectivity index (χ3n) is 3.58. The van der Waals surface area contributed by atoms with Crippen LogP contribution in [-0.2, 0) is 0 Å². The molecule has 0 radical (unpaired) electrons. The zero-order valence-corrected chi connectivity index (χ0v) is 12.3. The van der Waals surface area contributed by atoms with E-state index >= 15 is 0 Å². The Morgan fingerprint density at radius 2 is 1.95 bits per heavy atom. The number of hydrogen-bond acceptors (Lipinski definition) is 4. The predicted molar refractivity (Wildman–Crippen MR) is 83.8 cm³/mol. The Balaban J connectivity index is 1.87. The van der Waals surface area contributed by atoms with Gasteiger partial charge in [-0.3, -0.25) is 4.57 Å². The van der Waals surface area contributed by atoms with Crippen LogP contribution in [0.3, 0.4) is 0 Å². The van der Waals surface area contributed by atoms with E-state index in [0.717, 1.165) is 28.2 Å². The van der Waals surface area contributed by atoms with Crippen molar-refractivity contribution in [2.24, 2.45) is 0 Å². The quantitative estimate of drug-likeness (QED) is 0.565. The highest BCUT2D eigenvalue weighted by atomic mass is 16.3. The lowest BCUT2D eigenvalue weighted by molar-refractivity contribution is 0.561. The van der Waals surface area contributed by atoms with Crippen molar-refractivity contribution >= 4 is 11.1 Å². The van der Waals surface area contributed by atoms with Crippen molar-refractivity contribution in [3.05, 3.63) is 60.2 Å². The van der Waals surface area contributed by atoms with Gasteiger partial charge in [0.05, 0.1) is 0 Å². The second kappa shape index (κ2) is 4.80. The van der Waals surface area contributed by atoms with Gasteiger partial charge in [0.2, 0.25) is 0 Å². The predicted octanol–water partition coefficient (Wildman–Crippen LogP) is 3.69. The lowest BCUT2D eigenvalue weighted by Crippen LogP contribution is -1.96. The second-order valence-corrected chi connectivity index (χ2v) is 5.28. The molecular formula is C17H14N4O. The summed E-state index contributed by atoms with van der Waals surface area (Å²) in [4.78, 5) is 4.32. The van der Waals surface area contributed by atoms with Crippen LogP contribution in [0.25, 0.3) is 28.2 Å². The van der Waals surface area contributed by atoms with Crippen LogP contribution in [0.2, 0.25) is 0 Å². The van der Waals surface area contributed by atoms with Crippen LogP contribution >= 0.6 is 0 Å². The molecule has 4 rings (SSSR count).